The van der Waals surface area contributed by atoms with Crippen molar-refractivity contribution in [3.8, 4) is 0 Å². The van der Waals surface area contributed by atoms with Crippen LogP contribution >= 0.6 is 15.9 Å². The van der Waals surface area contributed by atoms with E-state index in [1.165, 1.54) is 12.1 Å². The molecule has 0 bridgehead atoms. The van der Waals surface area contributed by atoms with Gasteiger partial charge in [0, 0.05) is 17.2 Å². The molecule has 2 rings (SSSR count). The molecule has 0 radical (unpaired) electrons. The summed E-state index contributed by atoms with van der Waals surface area (Å²) in [5, 5.41) is 20.4. The lowest BCUT2D eigenvalue weighted by Gasteiger charge is -2.18. The monoisotopic (exact) mass is 288 g/mol. The highest BCUT2D eigenvalue weighted by molar-refractivity contribution is 9.09. The average Bonchev–Trinajstić information content (AvgIpc) is 2.55. The van der Waals surface area contributed by atoms with Crippen molar-refractivity contribution in [3.05, 3.63) is 35.6 Å². The SMILES string of the molecule is OC1CC(c2ccc(F)cc2)C(O)C1CBr. The predicted molar refractivity (Wildman–Crippen MR) is 63.1 cm³/mol. The maximum atomic E-state index is 12.8. The number of hydrogen-bond acceptors (Lipinski definition) is 2. The highest BCUT2D eigenvalue weighted by Crippen LogP contribution is 2.39. The van der Waals surface area contributed by atoms with Gasteiger partial charge in [-0.2, -0.15) is 0 Å². The fourth-order valence-corrected chi connectivity index (χ4v) is 3.15. The molecule has 16 heavy (non-hydrogen) atoms. The van der Waals surface area contributed by atoms with Crippen LogP contribution in [0.4, 0.5) is 4.39 Å². The molecule has 1 aromatic carbocycles. The van der Waals surface area contributed by atoms with Crippen LogP contribution in [0.5, 0.6) is 0 Å². The first kappa shape index (κ1) is 12.0. The molecule has 0 spiro atoms. The Kier molecular flexibility index (Phi) is 3.62. The van der Waals surface area contributed by atoms with Crippen LogP contribution < -0.4 is 0 Å². The van der Waals surface area contributed by atoms with E-state index in [0.29, 0.717) is 11.8 Å². The van der Waals surface area contributed by atoms with Crippen molar-refractivity contribution in [3.63, 3.8) is 0 Å². The van der Waals surface area contributed by atoms with Gasteiger partial charge in [-0.1, -0.05) is 28.1 Å². The molecule has 1 saturated carbocycles. The third-order valence-electron chi connectivity index (χ3n) is 3.32. The van der Waals surface area contributed by atoms with Crippen LogP contribution in [0.2, 0.25) is 0 Å². The number of halogens is 2. The molecule has 0 amide bonds. The number of benzene rings is 1. The van der Waals surface area contributed by atoms with Gasteiger partial charge in [0.25, 0.3) is 0 Å². The minimum Gasteiger partial charge on any atom is -0.393 e. The second-order valence-corrected chi connectivity index (χ2v) is 4.92. The minimum absolute atomic E-state index is 0.0989. The van der Waals surface area contributed by atoms with Gasteiger partial charge in [-0.05, 0) is 24.1 Å². The summed E-state index contributed by atoms with van der Waals surface area (Å²) < 4.78 is 12.8. The number of rotatable bonds is 2. The Bertz CT molecular complexity index is 355. The molecule has 2 nitrogen and oxygen atoms in total. The Hall–Kier alpha value is -0.450. The van der Waals surface area contributed by atoms with Crippen LogP contribution in [0.15, 0.2) is 24.3 Å². The number of hydrogen-bond donors (Lipinski definition) is 2. The van der Waals surface area contributed by atoms with E-state index in [1.54, 1.807) is 12.1 Å². The molecule has 1 fully saturated rings. The average molecular weight is 289 g/mol. The Labute approximate surface area is 102 Å². The van der Waals surface area contributed by atoms with Gasteiger partial charge in [0.15, 0.2) is 0 Å². The van der Waals surface area contributed by atoms with E-state index in [-0.39, 0.29) is 17.7 Å². The molecule has 1 aliphatic carbocycles. The van der Waals surface area contributed by atoms with E-state index >= 15 is 0 Å². The molecule has 4 atom stereocenters. The van der Waals surface area contributed by atoms with Crippen molar-refractivity contribution in [2.75, 3.05) is 5.33 Å². The highest BCUT2D eigenvalue weighted by Gasteiger charge is 2.41. The summed E-state index contributed by atoms with van der Waals surface area (Å²) in [6.45, 7) is 0. The van der Waals surface area contributed by atoms with Gasteiger partial charge < -0.3 is 10.2 Å². The number of alkyl halides is 1. The first-order valence-corrected chi connectivity index (χ1v) is 6.43. The topological polar surface area (TPSA) is 40.5 Å². The van der Waals surface area contributed by atoms with E-state index in [9.17, 15) is 14.6 Å². The van der Waals surface area contributed by atoms with Crippen molar-refractivity contribution in [1.82, 2.24) is 0 Å². The lowest BCUT2D eigenvalue weighted by Crippen LogP contribution is -2.25. The van der Waals surface area contributed by atoms with Crippen LogP contribution in [0, 0.1) is 11.7 Å². The second kappa shape index (κ2) is 4.82. The molecule has 0 saturated heterocycles. The molecular weight excluding hydrogens is 275 g/mol. The molecule has 4 heteroatoms. The molecule has 2 N–H and O–H groups in total. The Morgan fingerprint density at radius 2 is 1.88 bits per heavy atom. The van der Waals surface area contributed by atoms with E-state index < -0.39 is 12.2 Å². The summed E-state index contributed by atoms with van der Waals surface area (Å²) in [6.07, 6.45) is -0.535. The van der Waals surface area contributed by atoms with Gasteiger partial charge in [0.05, 0.1) is 12.2 Å². The minimum atomic E-state index is -0.570. The summed E-state index contributed by atoms with van der Waals surface area (Å²) in [5.74, 6) is -0.526. The fourth-order valence-electron chi connectivity index (χ4n) is 2.34. The highest BCUT2D eigenvalue weighted by atomic mass is 79.9. The Morgan fingerprint density at radius 3 is 2.38 bits per heavy atom. The lowest BCUT2D eigenvalue weighted by atomic mass is 9.94. The molecule has 1 aromatic rings. The molecule has 0 aliphatic heterocycles. The maximum Gasteiger partial charge on any atom is 0.123 e. The zero-order chi connectivity index (χ0) is 11.7. The molecule has 88 valence electrons. The van der Waals surface area contributed by atoms with Crippen molar-refractivity contribution in [2.24, 2.45) is 5.92 Å². The molecular formula is C12H14BrFO2. The van der Waals surface area contributed by atoms with E-state index in [4.69, 9.17) is 0 Å². The first-order chi connectivity index (χ1) is 7.63. The standard InChI is InChI=1S/C12H14BrFO2/c13-6-10-11(15)5-9(12(10)16)7-1-3-8(14)4-2-7/h1-4,9-12,15-16H,5-6H2. The van der Waals surface area contributed by atoms with Crippen LogP contribution in [-0.2, 0) is 0 Å². The molecule has 4 unspecified atom stereocenters. The fraction of sp³-hybridized carbons (Fsp3) is 0.500. The van der Waals surface area contributed by atoms with Crippen molar-refractivity contribution >= 4 is 15.9 Å². The van der Waals surface area contributed by atoms with Crippen molar-refractivity contribution < 1.29 is 14.6 Å². The lowest BCUT2D eigenvalue weighted by molar-refractivity contribution is 0.0757. The summed E-state index contributed by atoms with van der Waals surface area (Å²) in [5.41, 5.74) is 0.886. The second-order valence-electron chi connectivity index (χ2n) is 4.27. The van der Waals surface area contributed by atoms with Gasteiger partial charge in [-0.3, -0.25) is 0 Å². The van der Waals surface area contributed by atoms with Gasteiger partial charge in [0.2, 0.25) is 0 Å². The Balaban J connectivity index is 2.20. The quantitative estimate of drug-likeness (QED) is 0.818. The van der Waals surface area contributed by atoms with Gasteiger partial charge >= 0.3 is 0 Å². The van der Waals surface area contributed by atoms with Crippen LogP contribution in [-0.4, -0.2) is 27.8 Å². The summed E-state index contributed by atoms with van der Waals surface area (Å²) in [6, 6.07) is 6.12. The normalized spacial score (nSPS) is 34.2. The third kappa shape index (κ3) is 2.14. The van der Waals surface area contributed by atoms with Crippen molar-refractivity contribution in [1.29, 1.82) is 0 Å². The summed E-state index contributed by atoms with van der Waals surface area (Å²) in [4.78, 5) is 0. The van der Waals surface area contributed by atoms with E-state index in [1.807, 2.05) is 0 Å². The number of aliphatic hydroxyl groups excluding tert-OH is 2. The summed E-state index contributed by atoms with van der Waals surface area (Å²) in [7, 11) is 0. The zero-order valence-corrected chi connectivity index (χ0v) is 10.3. The van der Waals surface area contributed by atoms with Gasteiger partial charge in [-0.25, -0.2) is 4.39 Å². The molecule has 0 aromatic heterocycles. The largest absolute Gasteiger partial charge is 0.393 e. The zero-order valence-electron chi connectivity index (χ0n) is 8.68. The smallest absolute Gasteiger partial charge is 0.123 e. The van der Waals surface area contributed by atoms with Crippen molar-refractivity contribution in [2.45, 2.75) is 24.5 Å². The predicted octanol–water partition coefficient (Wildman–Crippen LogP) is 2.05. The summed E-state index contributed by atoms with van der Waals surface area (Å²) >= 11 is 3.29. The first-order valence-electron chi connectivity index (χ1n) is 5.31. The number of aliphatic hydroxyl groups is 2. The maximum absolute atomic E-state index is 12.8. The third-order valence-corrected chi connectivity index (χ3v) is 4.06. The van der Waals surface area contributed by atoms with Crippen LogP contribution in [0.1, 0.15) is 17.9 Å². The molecule has 0 heterocycles. The van der Waals surface area contributed by atoms with Gasteiger partial charge in [-0.15, -0.1) is 0 Å². The Morgan fingerprint density at radius 1 is 1.25 bits per heavy atom. The molecule has 1 aliphatic rings. The van der Waals surface area contributed by atoms with E-state index in [0.717, 1.165) is 5.56 Å². The van der Waals surface area contributed by atoms with Gasteiger partial charge in [0.1, 0.15) is 5.82 Å². The van der Waals surface area contributed by atoms with Crippen LogP contribution in [0.25, 0.3) is 0 Å². The van der Waals surface area contributed by atoms with E-state index in [2.05, 4.69) is 15.9 Å². The van der Waals surface area contributed by atoms with Crippen LogP contribution in [0.3, 0.4) is 0 Å².